The first-order valence-corrected chi connectivity index (χ1v) is 12.0. The third-order valence-electron chi connectivity index (χ3n) is 4.86. The van der Waals surface area contributed by atoms with Crippen molar-refractivity contribution in [3.63, 3.8) is 0 Å². The highest BCUT2D eigenvalue weighted by molar-refractivity contribution is 7.92. The Labute approximate surface area is 180 Å². The molecule has 30 heavy (non-hydrogen) atoms. The Kier molecular flexibility index (Phi) is 7.89. The van der Waals surface area contributed by atoms with Gasteiger partial charge in [0.2, 0.25) is 15.9 Å². The van der Waals surface area contributed by atoms with Crippen LogP contribution in [0.1, 0.15) is 49.9 Å². The van der Waals surface area contributed by atoms with Crippen LogP contribution in [0.25, 0.3) is 0 Å². The molecule has 6 nitrogen and oxygen atoms in total. The Hall–Kier alpha value is -2.54. The van der Waals surface area contributed by atoms with Crippen LogP contribution in [0.3, 0.4) is 0 Å². The predicted molar refractivity (Wildman–Crippen MR) is 121 cm³/mol. The van der Waals surface area contributed by atoms with E-state index in [9.17, 15) is 13.2 Å². The van der Waals surface area contributed by atoms with Gasteiger partial charge in [-0.25, -0.2) is 8.42 Å². The molecule has 0 radical (unpaired) electrons. The van der Waals surface area contributed by atoms with Gasteiger partial charge in [0.1, 0.15) is 12.3 Å². The zero-order valence-electron chi connectivity index (χ0n) is 18.6. The van der Waals surface area contributed by atoms with Crippen molar-refractivity contribution < 1.29 is 17.9 Å². The standard InChI is InChI=1S/C23H32N2O4S/c1-7-22(19-9-8-17(4)18(5)14-19)24-23(26)15-25(30(6,27)28)20-10-12-21(13-11-20)29-16(2)3/h8-14,16,22H,7,15H2,1-6H3,(H,24,26)/t22-/m1/s1. The number of nitrogens with zero attached hydrogens (tertiary/aromatic N) is 1. The van der Waals surface area contributed by atoms with E-state index in [4.69, 9.17) is 4.74 Å². The molecule has 0 aliphatic carbocycles. The van der Waals surface area contributed by atoms with E-state index in [-0.39, 0.29) is 24.6 Å². The van der Waals surface area contributed by atoms with Gasteiger partial charge in [0.25, 0.3) is 0 Å². The summed E-state index contributed by atoms with van der Waals surface area (Å²) < 4.78 is 31.4. The largest absolute Gasteiger partial charge is 0.491 e. The third-order valence-corrected chi connectivity index (χ3v) is 6.00. The Morgan fingerprint density at radius 2 is 1.70 bits per heavy atom. The van der Waals surface area contributed by atoms with Crippen LogP contribution in [0.5, 0.6) is 5.75 Å². The van der Waals surface area contributed by atoms with Crippen molar-refractivity contribution in [3.05, 3.63) is 59.2 Å². The Morgan fingerprint density at radius 3 is 2.20 bits per heavy atom. The fourth-order valence-electron chi connectivity index (χ4n) is 3.14. The summed E-state index contributed by atoms with van der Waals surface area (Å²) in [6, 6.07) is 12.6. The molecule has 0 heterocycles. The van der Waals surface area contributed by atoms with Gasteiger partial charge in [-0.1, -0.05) is 25.1 Å². The Balaban J connectivity index is 2.17. The number of carbonyl (C=O) groups excluding carboxylic acids is 1. The minimum Gasteiger partial charge on any atom is -0.491 e. The highest BCUT2D eigenvalue weighted by Gasteiger charge is 2.23. The number of sulfonamides is 1. The predicted octanol–water partition coefficient (Wildman–Crippen LogP) is 4.12. The van der Waals surface area contributed by atoms with Gasteiger partial charge in [-0.05, 0) is 75.1 Å². The summed E-state index contributed by atoms with van der Waals surface area (Å²) in [6.07, 6.45) is 1.82. The third kappa shape index (κ3) is 6.49. The van der Waals surface area contributed by atoms with Gasteiger partial charge in [0.15, 0.2) is 0 Å². The van der Waals surface area contributed by atoms with E-state index < -0.39 is 10.0 Å². The summed E-state index contributed by atoms with van der Waals surface area (Å²) in [5.74, 6) is 0.292. The van der Waals surface area contributed by atoms with Crippen LogP contribution in [0, 0.1) is 13.8 Å². The smallest absolute Gasteiger partial charge is 0.241 e. The van der Waals surface area contributed by atoms with Crippen LogP contribution < -0.4 is 14.4 Å². The average molecular weight is 433 g/mol. The molecule has 7 heteroatoms. The molecular formula is C23H32N2O4S. The number of hydrogen-bond donors (Lipinski definition) is 1. The van der Waals surface area contributed by atoms with Gasteiger partial charge in [-0.3, -0.25) is 9.10 Å². The molecule has 2 aromatic rings. The number of amides is 1. The molecule has 0 saturated carbocycles. The van der Waals surface area contributed by atoms with E-state index in [1.54, 1.807) is 24.3 Å². The number of nitrogens with one attached hydrogen (secondary N) is 1. The second kappa shape index (κ2) is 9.98. The number of hydrogen-bond acceptors (Lipinski definition) is 4. The lowest BCUT2D eigenvalue weighted by atomic mass is 9.99. The molecule has 0 saturated heterocycles. The number of rotatable bonds is 9. The molecule has 0 aliphatic rings. The second-order valence-corrected chi connectivity index (χ2v) is 9.71. The fourth-order valence-corrected chi connectivity index (χ4v) is 3.99. The molecule has 1 atom stereocenters. The summed E-state index contributed by atoms with van der Waals surface area (Å²) >= 11 is 0. The Morgan fingerprint density at radius 1 is 1.07 bits per heavy atom. The van der Waals surface area contributed by atoms with Crippen molar-refractivity contribution in [3.8, 4) is 5.75 Å². The highest BCUT2D eigenvalue weighted by atomic mass is 32.2. The van der Waals surface area contributed by atoms with Gasteiger partial charge >= 0.3 is 0 Å². The van der Waals surface area contributed by atoms with Gasteiger partial charge < -0.3 is 10.1 Å². The first-order chi connectivity index (χ1) is 14.0. The van der Waals surface area contributed by atoms with Gasteiger partial charge in [0.05, 0.1) is 24.1 Å². The quantitative estimate of drug-likeness (QED) is 0.647. The van der Waals surface area contributed by atoms with Gasteiger partial charge in [-0.15, -0.1) is 0 Å². The number of anilines is 1. The van der Waals surface area contributed by atoms with Crippen molar-refractivity contribution >= 4 is 21.6 Å². The summed E-state index contributed by atoms with van der Waals surface area (Å²) in [7, 11) is -3.64. The van der Waals surface area contributed by atoms with E-state index in [1.807, 2.05) is 46.8 Å². The van der Waals surface area contributed by atoms with E-state index in [1.165, 1.54) is 5.56 Å². The molecule has 1 amide bonds. The van der Waals surface area contributed by atoms with Crippen molar-refractivity contribution in [2.45, 2.75) is 53.2 Å². The van der Waals surface area contributed by atoms with Crippen molar-refractivity contribution in [2.75, 3.05) is 17.1 Å². The molecule has 164 valence electrons. The first-order valence-electron chi connectivity index (χ1n) is 10.1. The molecule has 0 unspecified atom stereocenters. The number of carbonyl (C=O) groups is 1. The maximum Gasteiger partial charge on any atom is 0.241 e. The molecule has 0 fully saturated rings. The van der Waals surface area contributed by atoms with Crippen LogP contribution in [0.4, 0.5) is 5.69 Å². The lowest BCUT2D eigenvalue weighted by Crippen LogP contribution is -2.41. The maximum absolute atomic E-state index is 12.7. The van der Waals surface area contributed by atoms with Crippen LogP contribution in [0.2, 0.25) is 0 Å². The lowest BCUT2D eigenvalue weighted by molar-refractivity contribution is -0.120. The SMILES string of the molecule is CC[C@@H](NC(=O)CN(c1ccc(OC(C)C)cc1)S(C)(=O)=O)c1ccc(C)c(C)c1. The van der Waals surface area contributed by atoms with Crippen molar-refractivity contribution in [2.24, 2.45) is 0 Å². The molecular weight excluding hydrogens is 400 g/mol. The zero-order chi connectivity index (χ0) is 22.5. The maximum atomic E-state index is 12.7. The molecule has 2 aromatic carbocycles. The fraction of sp³-hybridized carbons (Fsp3) is 0.435. The molecule has 1 N–H and O–H groups in total. The topological polar surface area (TPSA) is 75.7 Å². The summed E-state index contributed by atoms with van der Waals surface area (Å²) in [6.45, 7) is 9.61. The van der Waals surface area contributed by atoms with E-state index in [0.29, 0.717) is 17.9 Å². The minimum atomic E-state index is -3.64. The lowest BCUT2D eigenvalue weighted by Gasteiger charge is -2.24. The van der Waals surface area contributed by atoms with Crippen LogP contribution in [-0.2, 0) is 14.8 Å². The van der Waals surface area contributed by atoms with Crippen LogP contribution >= 0.6 is 0 Å². The normalized spacial score (nSPS) is 12.5. The minimum absolute atomic E-state index is 0.0176. The highest BCUT2D eigenvalue weighted by Crippen LogP contribution is 2.23. The number of aryl methyl sites for hydroxylation is 2. The summed E-state index contributed by atoms with van der Waals surface area (Å²) in [4.78, 5) is 12.7. The molecule has 0 spiro atoms. The molecule has 0 aliphatic heterocycles. The molecule has 2 rings (SSSR count). The molecule has 0 aromatic heterocycles. The average Bonchev–Trinajstić information content (AvgIpc) is 2.66. The monoisotopic (exact) mass is 432 g/mol. The van der Waals surface area contributed by atoms with E-state index in [2.05, 4.69) is 11.4 Å². The number of ether oxygens (including phenoxy) is 1. The zero-order valence-corrected chi connectivity index (χ0v) is 19.4. The second-order valence-electron chi connectivity index (χ2n) is 7.80. The van der Waals surface area contributed by atoms with Crippen LogP contribution in [0.15, 0.2) is 42.5 Å². The van der Waals surface area contributed by atoms with Crippen LogP contribution in [-0.4, -0.2) is 33.2 Å². The summed E-state index contributed by atoms with van der Waals surface area (Å²) in [5, 5.41) is 2.97. The van der Waals surface area contributed by atoms with Gasteiger partial charge in [0, 0.05) is 0 Å². The number of benzene rings is 2. The van der Waals surface area contributed by atoms with Crippen molar-refractivity contribution in [1.82, 2.24) is 5.32 Å². The Bertz CT molecular complexity index is 969. The first kappa shape index (κ1) is 23.7. The van der Waals surface area contributed by atoms with Crippen molar-refractivity contribution in [1.29, 1.82) is 0 Å². The van der Waals surface area contributed by atoms with E-state index >= 15 is 0 Å². The van der Waals surface area contributed by atoms with E-state index in [0.717, 1.165) is 21.7 Å². The molecule has 0 bridgehead atoms. The van der Waals surface area contributed by atoms with Gasteiger partial charge in [-0.2, -0.15) is 0 Å². The summed E-state index contributed by atoms with van der Waals surface area (Å²) in [5.41, 5.74) is 3.77.